The molecule has 0 saturated heterocycles. The van der Waals surface area contributed by atoms with Gasteiger partial charge in [0.15, 0.2) is 8.32 Å². The molecule has 0 spiro atoms. The van der Waals surface area contributed by atoms with Gasteiger partial charge in [-0.15, -0.1) is 0 Å². The highest BCUT2D eigenvalue weighted by atomic mass is 28.4. The van der Waals surface area contributed by atoms with E-state index in [1.165, 1.54) is 51.4 Å². The fourth-order valence-electron chi connectivity index (χ4n) is 9.07. The zero-order valence-electron chi connectivity index (χ0n) is 24.6. The fourth-order valence-corrected chi connectivity index (χ4v) is 10.5. The summed E-state index contributed by atoms with van der Waals surface area (Å²) in [6.45, 7) is 27.2. The smallest absolute Gasteiger partial charge is 0.192 e. The maximum atomic E-state index is 7.11. The summed E-state index contributed by atoms with van der Waals surface area (Å²) < 4.78 is 7.11. The molecule has 194 valence electrons. The summed E-state index contributed by atoms with van der Waals surface area (Å²) >= 11 is 0. The molecule has 3 saturated carbocycles. The molecule has 4 aliphatic carbocycles. The lowest BCUT2D eigenvalue weighted by Gasteiger charge is -2.60. The molecule has 0 radical (unpaired) electrons. The van der Waals surface area contributed by atoms with Crippen molar-refractivity contribution in [2.75, 3.05) is 0 Å². The topological polar surface area (TPSA) is 9.23 Å². The van der Waals surface area contributed by atoms with E-state index >= 15 is 0 Å². The minimum absolute atomic E-state index is 0.110. The monoisotopic (exact) mass is 484 g/mol. The molecule has 4 rings (SSSR count). The van der Waals surface area contributed by atoms with Crippen LogP contribution < -0.4 is 0 Å². The second-order valence-electron chi connectivity index (χ2n) is 15.4. The molecule has 0 N–H and O–H groups in total. The van der Waals surface area contributed by atoms with Crippen LogP contribution in [0.15, 0.2) is 23.3 Å². The Kier molecular flexibility index (Phi) is 6.76. The fraction of sp³-hybridized carbons (Fsp3) is 0.875. The Bertz CT molecular complexity index is 842. The third kappa shape index (κ3) is 3.96. The standard InChI is InChI=1S/C32H56OSi/c1-12-13-22(2)24-15-16-25-23-14-17-27-30(6,7)28(33-34(10,11)29(3,4)5)19-21-32(27,9)26(23)18-20-31(24,25)8/h14,17,22,24-26,28H,12-13,15-16,18-21H2,1-11H3/t22-,24-,25+,26+,28?,31-,32-/m1/s1. The van der Waals surface area contributed by atoms with Crippen LogP contribution in [0.1, 0.15) is 114 Å². The Hall–Kier alpha value is -0.343. The molecule has 0 amide bonds. The second kappa shape index (κ2) is 8.61. The van der Waals surface area contributed by atoms with E-state index in [2.05, 4.69) is 87.6 Å². The molecule has 34 heavy (non-hydrogen) atoms. The van der Waals surface area contributed by atoms with Crippen LogP contribution in [0.25, 0.3) is 0 Å². The van der Waals surface area contributed by atoms with Crippen LogP contribution >= 0.6 is 0 Å². The number of rotatable bonds is 5. The molecule has 3 fully saturated rings. The molecule has 0 aromatic carbocycles. The minimum Gasteiger partial charge on any atom is -0.413 e. The Morgan fingerprint density at radius 1 is 0.971 bits per heavy atom. The largest absolute Gasteiger partial charge is 0.413 e. The lowest BCUT2D eigenvalue weighted by atomic mass is 9.47. The van der Waals surface area contributed by atoms with Crippen LogP contribution in [0, 0.1) is 39.9 Å². The molecular formula is C32H56OSi. The van der Waals surface area contributed by atoms with Crippen molar-refractivity contribution in [1.82, 2.24) is 0 Å². The summed E-state index contributed by atoms with van der Waals surface area (Å²) in [5.41, 5.74) is 4.48. The highest BCUT2D eigenvalue weighted by Crippen LogP contribution is 2.68. The maximum absolute atomic E-state index is 7.11. The molecular weight excluding hydrogens is 428 g/mol. The number of hydrogen-bond donors (Lipinski definition) is 0. The highest BCUT2D eigenvalue weighted by Gasteiger charge is 2.59. The van der Waals surface area contributed by atoms with E-state index in [-0.39, 0.29) is 10.5 Å². The van der Waals surface area contributed by atoms with E-state index in [1.807, 2.05) is 5.57 Å². The third-order valence-corrected chi connectivity index (χ3v) is 16.6. The van der Waals surface area contributed by atoms with Crippen molar-refractivity contribution in [2.24, 2.45) is 39.9 Å². The van der Waals surface area contributed by atoms with E-state index in [0.29, 0.717) is 16.9 Å². The maximum Gasteiger partial charge on any atom is 0.192 e. The van der Waals surface area contributed by atoms with Crippen LogP contribution in [0.5, 0.6) is 0 Å². The van der Waals surface area contributed by atoms with Crippen LogP contribution in [0.3, 0.4) is 0 Å². The Morgan fingerprint density at radius 2 is 1.65 bits per heavy atom. The summed E-state index contributed by atoms with van der Waals surface area (Å²) in [4.78, 5) is 0. The first-order chi connectivity index (χ1) is 15.6. The molecule has 0 aromatic heterocycles. The Balaban J connectivity index is 1.65. The average Bonchev–Trinajstić information content (AvgIpc) is 3.07. The Morgan fingerprint density at radius 3 is 2.26 bits per heavy atom. The van der Waals surface area contributed by atoms with Crippen LogP contribution in [-0.4, -0.2) is 14.4 Å². The summed E-state index contributed by atoms with van der Waals surface area (Å²) in [6.07, 6.45) is 16.5. The highest BCUT2D eigenvalue weighted by molar-refractivity contribution is 6.74. The molecule has 1 nitrogen and oxygen atoms in total. The van der Waals surface area contributed by atoms with E-state index in [9.17, 15) is 0 Å². The zero-order valence-corrected chi connectivity index (χ0v) is 25.6. The van der Waals surface area contributed by atoms with Crippen LogP contribution in [0.4, 0.5) is 0 Å². The number of hydrogen-bond acceptors (Lipinski definition) is 1. The van der Waals surface area contributed by atoms with Gasteiger partial charge in [-0.2, -0.15) is 0 Å². The van der Waals surface area contributed by atoms with Crippen molar-refractivity contribution >= 4 is 8.32 Å². The molecule has 0 aromatic rings. The predicted molar refractivity (Wildman–Crippen MR) is 150 cm³/mol. The van der Waals surface area contributed by atoms with Crippen molar-refractivity contribution in [3.05, 3.63) is 23.3 Å². The minimum atomic E-state index is -1.79. The van der Waals surface area contributed by atoms with Crippen molar-refractivity contribution in [2.45, 2.75) is 138 Å². The first kappa shape index (κ1) is 26.7. The zero-order chi connectivity index (χ0) is 25.3. The van der Waals surface area contributed by atoms with E-state index in [4.69, 9.17) is 4.43 Å². The molecule has 4 aliphatic rings. The first-order valence-electron chi connectivity index (χ1n) is 14.7. The normalized spacial score (nSPS) is 40.6. The molecule has 0 aliphatic heterocycles. The van der Waals surface area contributed by atoms with Gasteiger partial charge < -0.3 is 4.43 Å². The van der Waals surface area contributed by atoms with Gasteiger partial charge in [0.1, 0.15) is 0 Å². The third-order valence-electron chi connectivity index (χ3n) is 12.1. The van der Waals surface area contributed by atoms with Gasteiger partial charge in [-0.1, -0.05) is 98.5 Å². The van der Waals surface area contributed by atoms with Gasteiger partial charge in [-0.25, -0.2) is 0 Å². The second-order valence-corrected chi connectivity index (χ2v) is 20.1. The van der Waals surface area contributed by atoms with Gasteiger partial charge in [-0.05, 0) is 91.2 Å². The van der Waals surface area contributed by atoms with Gasteiger partial charge >= 0.3 is 0 Å². The SMILES string of the molecule is CCC[C@@H](C)[C@H]1CC[C@H]2C3=CC=C4C(C)(C)C(O[Si](C)(C)C(C)(C)C)CC[C@]4(C)[C@H]3CC[C@]12C. The van der Waals surface area contributed by atoms with Crippen LogP contribution in [0.2, 0.25) is 18.1 Å². The van der Waals surface area contributed by atoms with Crippen LogP contribution in [-0.2, 0) is 4.43 Å². The van der Waals surface area contributed by atoms with Crippen molar-refractivity contribution < 1.29 is 4.43 Å². The van der Waals surface area contributed by atoms with E-state index in [1.54, 1.807) is 5.57 Å². The van der Waals surface area contributed by atoms with Gasteiger partial charge in [0, 0.05) is 5.41 Å². The van der Waals surface area contributed by atoms with Crippen molar-refractivity contribution in [3.8, 4) is 0 Å². The van der Waals surface area contributed by atoms with E-state index < -0.39 is 8.32 Å². The first-order valence-corrected chi connectivity index (χ1v) is 17.6. The lowest BCUT2D eigenvalue weighted by Crippen LogP contribution is -2.55. The van der Waals surface area contributed by atoms with Crippen molar-refractivity contribution in [3.63, 3.8) is 0 Å². The molecule has 7 atom stereocenters. The summed E-state index contributed by atoms with van der Waals surface area (Å²) in [6, 6.07) is 0. The molecule has 2 heteroatoms. The predicted octanol–water partition coefficient (Wildman–Crippen LogP) is 9.95. The van der Waals surface area contributed by atoms with Gasteiger partial charge in [0.05, 0.1) is 6.10 Å². The van der Waals surface area contributed by atoms with Gasteiger partial charge in [0.2, 0.25) is 0 Å². The lowest BCUT2D eigenvalue weighted by molar-refractivity contribution is -0.0112. The summed E-state index contributed by atoms with van der Waals surface area (Å²) in [7, 11) is -1.79. The van der Waals surface area contributed by atoms with Gasteiger partial charge in [0.25, 0.3) is 0 Å². The Labute approximate surface area is 213 Å². The molecule has 0 bridgehead atoms. The quantitative estimate of drug-likeness (QED) is 0.353. The van der Waals surface area contributed by atoms with E-state index in [0.717, 1.165) is 23.7 Å². The molecule has 0 heterocycles. The summed E-state index contributed by atoms with van der Waals surface area (Å²) in [5, 5.41) is 0.263. The summed E-state index contributed by atoms with van der Waals surface area (Å²) in [5.74, 6) is 3.36. The number of fused-ring (bicyclic) bond motifs is 5. The van der Waals surface area contributed by atoms with Gasteiger partial charge in [-0.3, -0.25) is 0 Å². The molecule has 1 unspecified atom stereocenters. The average molecular weight is 485 g/mol. The van der Waals surface area contributed by atoms with Crippen molar-refractivity contribution in [1.29, 1.82) is 0 Å². The number of allylic oxidation sites excluding steroid dienone is 3.